The average molecular weight is 367 g/mol. The summed E-state index contributed by atoms with van der Waals surface area (Å²) < 4.78 is 0. The summed E-state index contributed by atoms with van der Waals surface area (Å²) in [6, 6.07) is 4.61. The van der Waals surface area contributed by atoms with Crippen LogP contribution < -0.4 is 5.73 Å². The highest BCUT2D eigenvalue weighted by atomic mass is 28.2. The van der Waals surface area contributed by atoms with Gasteiger partial charge in [-0.15, -0.1) is 0 Å². The lowest BCUT2D eigenvalue weighted by Crippen LogP contribution is -2.44. The van der Waals surface area contributed by atoms with E-state index in [9.17, 15) is 4.79 Å². The van der Waals surface area contributed by atoms with Gasteiger partial charge >= 0.3 is 0 Å². The summed E-state index contributed by atoms with van der Waals surface area (Å²) in [5.41, 5.74) is 14.2. The topological polar surface area (TPSA) is 40.9 Å². The van der Waals surface area contributed by atoms with Crippen LogP contribution in [0, 0.1) is 0 Å². The van der Waals surface area contributed by atoms with E-state index >= 15 is 0 Å². The van der Waals surface area contributed by atoms with Gasteiger partial charge in [-0.05, 0) is 59.8 Å². The van der Waals surface area contributed by atoms with E-state index in [1.54, 1.807) is 0 Å². The zero-order valence-corrected chi connectivity index (χ0v) is 18.2. The second-order valence-electron chi connectivity index (χ2n) is 9.24. The molecule has 0 bridgehead atoms. The van der Waals surface area contributed by atoms with Gasteiger partial charge in [-0.1, -0.05) is 69.7 Å². The Balaban J connectivity index is 2.33. The third-order valence-electron chi connectivity index (χ3n) is 6.31. The number of amides is 1. The number of hydrogen-bond acceptors (Lipinski definition) is 1. The Morgan fingerprint density at radius 3 is 2.50 bits per heavy atom. The predicted octanol–water partition coefficient (Wildman–Crippen LogP) is 5.07. The monoisotopic (exact) mass is 366 g/mol. The van der Waals surface area contributed by atoms with E-state index in [-0.39, 0.29) is 11.3 Å². The van der Waals surface area contributed by atoms with Gasteiger partial charge in [-0.25, -0.2) is 0 Å². The molecule has 2 aliphatic carbocycles. The minimum atomic E-state index is -0.734. The van der Waals surface area contributed by atoms with Gasteiger partial charge in [0, 0.05) is 8.41 Å². The normalized spacial score (nSPS) is 22.4. The second kappa shape index (κ2) is 6.60. The van der Waals surface area contributed by atoms with Crippen molar-refractivity contribution in [1.29, 1.82) is 0 Å². The smallest absolute Gasteiger partial charge is 0.252 e. The summed E-state index contributed by atoms with van der Waals surface area (Å²) in [7, 11) is -0.734. The Bertz CT molecular complexity index is 821. The van der Waals surface area contributed by atoms with E-state index in [1.165, 1.54) is 33.0 Å². The van der Waals surface area contributed by atoms with Gasteiger partial charge in [0.25, 0.3) is 5.91 Å². The highest BCUT2D eigenvalue weighted by Gasteiger charge is 2.48. The van der Waals surface area contributed by atoms with Crippen LogP contribution in [0.4, 0.5) is 0 Å². The summed E-state index contributed by atoms with van der Waals surface area (Å²) in [6.45, 7) is 13.5. The minimum absolute atomic E-state index is 0.0316. The Hall–Kier alpha value is -1.48. The molecule has 0 aliphatic heterocycles. The number of nitrogens with one attached hydrogen (secondary N) is 1. The van der Waals surface area contributed by atoms with Crippen LogP contribution in [-0.4, -0.2) is 19.5 Å². The maximum atomic E-state index is 12.8. The fraction of sp³-hybridized carbons (Fsp3) is 0.565. The Kier molecular flexibility index (Phi) is 4.89. The number of fused-ring (bicyclic) bond motifs is 1. The van der Waals surface area contributed by atoms with Crippen LogP contribution in [0.5, 0.6) is 0 Å². The zero-order valence-electron chi connectivity index (χ0n) is 17.2. The molecule has 0 spiro atoms. The molecule has 2 nitrogen and oxygen atoms in total. The standard InChI is InChI=1S/C23H32NOSi/c1-7-15-11-16-13-17(22(2,3)4)14-19(18(16)12-15)23(21(24)25)10-8-9-20(23)26(5)6/h11,13-14,24H,7-10,12H2,1-6H3. The van der Waals surface area contributed by atoms with Crippen LogP contribution in [0.1, 0.15) is 75.6 Å². The molecule has 139 valence electrons. The Morgan fingerprint density at radius 2 is 1.96 bits per heavy atom. The van der Waals surface area contributed by atoms with E-state index in [1.807, 2.05) is 0 Å². The van der Waals surface area contributed by atoms with Gasteiger partial charge in [0.2, 0.25) is 0 Å². The summed E-state index contributed by atoms with van der Waals surface area (Å²) >= 11 is 0. The van der Waals surface area contributed by atoms with E-state index in [0.29, 0.717) is 0 Å². The number of hydrogen-bond donors (Lipinski definition) is 0. The molecule has 1 aromatic carbocycles. The van der Waals surface area contributed by atoms with Crippen molar-refractivity contribution in [3.8, 4) is 0 Å². The molecule has 26 heavy (non-hydrogen) atoms. The third-order valence-corrected chi connectivity index (χ3v) is 8.20. The van der Waals surface area contributed by atoms with E-state index in [4.69, 9.17) is 5.73 Å². The van der Waals surface area contributed by atoms with Crippen LogP contribution >= 0.6 is 0 Å². The summed E-state index contributed by atoms with van der Waals surface area (Å²) in [6.07, 6.45) is 7.21. The quantitative estimate of drug-likeness (QED) is 0.688. The van der Waals surface area contributed by atoms with Crippen LogP contribution in [0.3, 0.4) is 0 Å². The van der Waals surface area contributed by atoms with Crippen molar-refractivity contribution in [1.82, 2.24) is 5.73 Å². The van der Waals surface area contributed by atoms with Gasteiger partial charge < -0.3 is 0 Å². The Labute approximate surface area is 160 Å². The molecule has 0 aromatic heterocycles. The highest BCUT2D eigenvalue weighted by molar-refractivity contribution is 6.72. The van der Waals surface area contributed by atoms with Crippen LogP contribution in [0.15, 0.2) is 17.7 Å². The molecular formula is C23H32NOSi. The number of rotatable bonds is 3. The van der Waals surface area contributed by atoms with Gasteiger partial charge in [-0.3, -0.25) is 10.5 Å². The van der Waals surface area contributed by atoms with E-state index < -0.39 is 13.8 Å². The first-order chi connectivity index (χ1) is 12.1. The highest BCUT2D eigenvalue weighted by Crippen LogP contribution is 2.45. The van der Waals surface area contributed by atoms with E-state index in [0.717, 1.165) is 32.1 Å². The Morgan fingerprint density at radius 1 is 1.27 bits per heavy atom. The first-order valence-electron chi connectivity index (χ1n) is 9.91. The van der Waals surface area contributed by atoms with Crippen LogP contribution in [0.2, 0.25) is 13.1 Å². The first kappa shape index (κ1) is 19.3. The van der Waals surface area contributed by atoms with Crippen molar-refractivity contribution >= 4 is 25.6 Å². The molecule has 1 unspecified atom stereocenters. The fourth-order valence-corrected chi connectivity index (χ4v) is 6.70. The lowest BCUT2D eigenvalue weighted by molar-refractivity contribution is -0.121. The third kappa shape index (κ3) is 2.94. The van der Waals surface area contributed by atoms with Gasteiger partial charge in [0.15, 0.2) is 0 Å². The molecule has 1 saturated carbocycles. The maximum absolute atomic E-state index is 12.8. The number of allylic oxidation sites excluding steroid dienone is 1. The van der Waals surface area contributed by atoms with Gasteiger partial charge in [0.05, 0.1) is 5.41 Å². The molecule has 1 fully saturated rings. The second-order valence-corrected chi connectivity index (χ2v) is 11.8. The molecule has 1 radical (unpaired) electrons. The van der Waals surface area contributed by atoms with Gasteiger partial charge in [0.1, 0.15) is 0 Å². The summed E-state index contributed by atoms with van der Waals surface area (Å²) in [4.78, 5) is 12.8. The molecule has 3 heteroatoms. The largest absolute Gasteiger partial charge is 0.272 e. The van der Waals surface area contributed by atoms with Crippen molar-refractivity contribution in [2.24, 2.45) is 0 Å². The zero-order chi connectivity index (χ0) is 19.3. The SMILES string of the molecule is CCC1=Cc2cc(C(C)(C)C)cc(C3(C([NH])=O)CCCC3=[Si](C)C)c2C1. The molecule has 1 amide bonds. The van der Waals surface area contributed by atoms with Crippen molar-refractivity contribution in [3.05, 3.63) is 40.0 Å². The number of benzene rings is 1. The molecule has 1 atom stereocenters. The molecule has 3 rings (SSSR count). The van der Waals surface area contributed by atoms with Crippen molar-refractivity contribution in [2.45, 2.75) is 83.7 Å². The number of carbonyl (C=O) groups is 1. The van der Waals surface area contributed by atoms with E-state index in [2.05, 4.69) is 59.0 Å². The minimum Gasteiger partial charge on any atom is -0.272 e. The van der Waals surface area contributed by atoms with Crippen LogP contribution in [0.25, 0.3) is 6.08 Å². The molecule has 0 heterocycles. The van der Waals surface area contributed by atoms with Crippen molar-refractivity contribution in [3.63, 3.8) is 0 Å². The molecular weight excluding hydrogens is 334 g/mol. The lowest BCUT2D eigenvalue weighted by atomic mass is 9.72. The van der Waals surface area contributed by atoms with Crippen LogP contribution in [-0.2, 0) is 22.0 Å². The predicted molar refractivity (Wildman–Crippen MR) is 113 cm³/mol. The molecule has 0 saturated heterocycles. The maximum Gasteiger partial charge on any atom is 0.252 e. The molecule has 1 aromatic rings. The molecule has 2 aliphatic rings. The van der Waals surface area contributed by atoms with Gasteiger partial charge in [-0.2, -0.15) is 0 Å². The fourth-order valence-electron chi connectivity index (χ4n) is 4.80. The summed E-state index contributed by atoms with van der Waals surface area (Å²) in [5, 5.41) is 1.38. The summed E-state index contributed by atoms with van der Waals surface area (Å²) in [5.74, 6) is -0.380. The van der Waals surface area contributed by atoms with Crippen molar-refractivity contribution < 1.29 is 4.79 Å². The van der Waals surface area contributed by atoms with Crippen molar-refractivity contribution in [2.75, 3.05) is 0 Å². The number of carbonyl (C=O) groups excluding carboxylic acids is 1. The first-order valence-corrected chi connectivity index (χ1v) is 12.4. The molecule has 1 N–H and O–H groups in total. The lowest BCUT2D eigenvalue weighted by Gasteiger charge is -2.33. The average Bonchev–Trinajstić information content (AvgIpc) is 3.17.